The number of fused-ring (bicyclic) bond motifs is 11. The van der Waals surface area contributed by atoms with Crippen LogP contribution in [0.4, 0.5) is 0 Å². The summed E-state index contributed by atoms with van der Waals surface area (Å²) in [7, 11) is 0. The number of pyridine rings is 1. The largest absolute Gasteiger partial charge is 0.247 e. The molecule has 3 aromatic heterocycles. The van der Waals surface area contributed by atoms with Crippen molar-refractivity contribution in [2.24, 2.45) is 0 Å². The van der Waals surface area contributed by atoms with Crippen LogP contribution in [0.1, 0.15) is 0 Å². The Kier molecular flexibility index (Phi) is 6.52. The van der Waals surface area contributed by atoms with Gasteiger partial charge in [0.2, 0.25) is 0 Å². The Labute approximate surface area is 305 Å². The maximum atomic E-state index is 5.33. The molecule has 4 nitrogen and oxygen atoms in total. The van der Waals surface area contributed by atoms with Crippen LogP contribution in [0, 0.1) is 0 Å². The number of nitrogens with zero attached hydrogens (tertiary/aromatic N) is 4. The molecule has 0 N–H and O–H groups in total. The molecule has 0 aliphatic rings. The van der Waals surface area contributed by atoms with Crippen LogP contribution in [0.3, 0.4) is 0 Å². The van der Waals surface area contributed by atoms with Gasteiger partial charge in [-0.25, -0.2) is 14.5 Å². The first kappa shape index (κ1) is 29.5. The van der Waals surface area contributed by atoms with E-state index in [0.29, 0.717) is 0 Å². The van der Waals surface area contributed by atoms with Crippen LogP contribution in [0.25, 0.3) is 105 Å². The lowest BCUT2D eigenvalue weighted by Gasteiger charge is -2.16. The van der Waals surface area contributed by atoms with E-state index in [2.05, 4.69) is 158 Å². The topological polar surface area (TPSA) is 43.1 Å². The number of para-hydroxylation sites is 2. The maximum Gasteiger partial charge on any atom is 0.161 e. The van der Waals surface area contributed by atoms with Crippen molar-refractivity contribution in [3.8, 4) is 45.0 Å². The van der Waals surface area contributed by atoms with E-state index in [4.69, 9.17) is 15.1 Å². The monoisotopic (exact) mass is 674 g/mol. The summed E-state index contributed by atoms with van der Waals surface area (Å²) in [6.45, 7) is 0. The fraction of sp³-hybridized carbons (Fsp3) is 0. The second-order valence-electron chi connectivity index (χ2n) is 13.6. The number of benzene rings is 8. The molecule has 0 saturated carbocycles. The Morgan fingerprint density at radius 1 is 0.340 bits per heavy atom. The molecule has 0 aliphatic carbocycles. The van der Waals surface area contributed by atoms with Gasteiger partial charge in [0.15, 0.2) is 5.82 Å². The fourth-order valence-corrected chi connectivity index (χ4v) is 8.09. The summed E-state index contributed by atoms with van der Waals surface area (Å²) in [4.78, 5) is 10.4. The molecule has 0 saturated heterocycles. The van der Waals surface area contributed by atoms with Gasteiger partial charge in [-0.15, -0.1) is 0 Å². The molecule has 0 atom stereocenters. The molecule has 11 rings (SSSR count). The molecular formula is C49H30N4. The average Bonchev–Trinajstić information content (AvgIpc) is 3.70. The van der Waals surface area contributed by atoms with E-state index < -0.39 is 0 Å². The van der Waals surface area contributed by atoms with Gasteiger partial charge < -0.3 is 0 Å². The molecule has 246 valence electrons. The van der Waals surface area contributed by atoms with Crippen molar-refractivity contribution in [2.75, 3.05) is 0 Å². The smallest absolute Gasteiger partial charge is 0.161 e. The lowest BCUT2D eigenvalue weighted by molar-refractivity contribution is 0.949. The number of hydrogen-bond donors (Lipinski definition) is 0. The number of hydrogen-bond acceptors (Lipinski definition) is 3. The summed E-state index contributed by atoms with van der Waals surface area (Å²) in [5.41, 5.74) is 10.4. The molecular weight excluding hydrogens is 645 g/mol. The Morgan fingerprint density at radius 3 is 1.49 bits per heavy atom. The zero-order valence-electron chi connectivity index (χ0n) is 28.6. The third-order valence-corrected chi connectivity index (χ3v) is 10.6. The summed E-state index contributed by atoms with van der Waals surface area (Å²) in [5, 5.41) is 14.7. The summed E-state index contributed by atoms with van der Waals surface area (Å²) in [5.74, 6) is 0.816. The van der Waals surface area contributed by atoms with Crippen molar-refractivity contribution >= 4 is 59.6 Å². The lowest BCUT2D eigenvalue weighted by atomic mass is 9.89. The van der Waals surface area contributed by atoms with Gasteiger partial charge in [-0.05, 0) is 50.9 Å². The lowest BCUT2D eigenvalue weighted by Crippen LogP contribution is -1.99. The van der Waals surface area contributed by atoms with Gasteiger partial charge in [0, 0.05) is 38.2 Å². The van der Waals surface area contributed by atoms with Crippen LogP contribution in [0.15, 0.2) is 182 Å². The van der Waals surface area contributed by atoms with Crippen LogP contribution < -0.4 is 0 Å². The zero-order valence-corrected chi connectivity index (χ0v) is 28.6. The molecule has 0 unspecified atom stereocenters. The number of rotatable bonds is 4. The molecule has 4 heteroatoms. The van der Waals surface area contributed by atoms with Crippen molar-refractivity contribution in [3.05, 3.63) is 182 Å². The van der Waals surface area contributed by atoms with E-state index >= 15 is 0 Å². The highest BCUT2D eigenvalue weighted by atomic mass is 15.3. The van der Waals surface area contributed by atoms with E-state index in [9.17, 15) is 0 Å². The molecule has 0 fully saturated rings. The summed E-state index contributed by atoms with van der Waals surface area (Å²) >= 11 is 0. The van der Waals surface area contributed by atoms with Gasteiger partial charge in [-0.1, -0.05) is 164 Å². The molecule has 0 aliphatic heterocycles. The highest BCUT2D eigenvalue weighted by Crippen LogP contribution is 2.43. The molecule has 53 heavy (non-hydrogen) atoms. The Hall–Kier alpha value is -7.17. The fourth-order valence-electron chi connectivity index (χ4n) is 8.09. The molecule has 0 spiro atoms. The van der Waals surface area contributed by atoms with Crippen LogP contribution in [-0.2, 0) is 0 Å². The minimum Gasteiger partial charge on any atom is -0.247 e. The van der Waals surface area contributed by atoms with Gasteiger partial charge in [0.25, 0.3) is 0 Å². The zero-order chi connectivity index (χ0) is 34.9. The van der Waals surface area contributed by atoms with Crippen molar-refractivity contribution in [3.63, 3.8) is 0 Å². The Morgan fingerprint density at radius 2 is 0.830 bits per heavy atom. The van der Waals surface area contributed by atoms with Crippen LogP contribution in [-0.4, -0.2) is 19.6 Å². The summed E-state index contributed by atoms with van der Waals surface area (Å²) in [6, 6.07) is 64.3. The second kappa shape index (κ2) is 11.7. The highest BCUT2D eigenvalue weighted by molar-refractivity contribution is 6.33. The predicted octanol–water partition coefficient (Wildman–Crippen LogP) is 12.6. The quantitative estimate of drug-likeness (QED) is 0.175. The van der Waals surface area contributed by atoms with Gasteiger partial charge in [0.05, 0.1) is 27.9 Å². The van der Waals surface area contributed by atoms with Crippen molar-refractivity contribution in [1.82, 2.24) is 19.6 Å². The van der Waals surface area contributed by atoms with E-state index in [-0.39, 0.29) is 0 Å². The molecule has 3 heterocycles. The molecule has 0 bridgehead atoms. The first-order valence-electron chi connectivity index (χ1n) is 18.0. The third kappa shape index (κ3) is 4.66. The van der Waals surface area contributed by atoms with Crippen LogP contribution >= 0.6 is 0 Å². The van der Waals surface area contributed by atoms with E-state index in [1.807, 2.05) is 28.8 Å². The SMILES string of the molecule is c1ccc(-c2cc3c4ccccc4nc(-c4ccc(-c5ccc(-c6nc7ccccc7c7c8ccccc8c8ccccc8c67)cc5)cc4)n3n2)cc1. The van der Waals surface area contributed by atoms with Crippen molar-refractivity contribution in [1.29, 1.82) is 0 Å². The molecule has 11 aromatic rings. The predicted molar refractivity (Wildman–Crippen MR) is 220 cm³/mol. The van der Waals surface area contributed by atoms with Gasteiger partial charge in [-0.3, -0.25) is 0 Å². The molecule has 8 aromatic carbocycles. The minimum absolute atomic E-state index is 0.816. The van der Waals surface area contributed by atoms with E-state index in [1.54, 1.807) is 0 Å². The van der Waals surface area contributed by atoms with Crippen molar-refractivity contribution in [2.45, 2.75) is 0 Å². The first-order chi connectivity index (χ1) is 26.3. The van der Waals surface area contributed by atoms with Crippen LogP contribution in [0.2, 0.25) is 0 Å². The first-order valence-corrected chi connectivity index (χ1v) is 18.0. The minimum atomic E-state index is 0.816. The molecule has 0 amide bonds. The van der Waals surface area contributed by atoms with Gasteiger partial charge in [-0.2, -0.15) is 5.10 Å². The number of aromatic nitrogens is 4. The Balaban J connectivity index is 1.02. The van der Waals surface area contributed by atoms with E-state index in [1.165, 1.54) is 37.7 Å². The molecule has 0 radical (unpaired) electrons. The summed E-state index contributed by atoms with van der Waals surface area (Å²) < 4.78 is 1.99. The normalized spacial score (nSPS) is 11.8. The summed E-state index contributed by atoms with van der Waals surface area (Å²) in [6.07, 6.45) is 0. The van der Waals surface area contributed by atoms with Gasteiger partial charge in [0.1, 0.15) is 0 Å². The third-order valence-electron chi connectivity index (χ3n) is 10.6. The van der Waals surface area contributed by atoms with Crippen LogP contribution in [0.5, 0.6) is 0 Å². The average molecular weight is 675 g/mol. The standard InChI is InChI=1S/C49H30N4/c1-2-12-33(13-3-1)44-30-45-40-18-8-10-20-42(40)51-49(53(45)52-44)35-28-24-32(25-29-35)31-22-26-34(27-23-31)48-47-39-17-7-5-15-37(39)36-14-4-6-16-38(36)46(47)41-19-9-11-21-43(41)50-48/h1-30H. The second-order valence-corrected chi connectivity index (χ2v) is 13.6. The Bertz CT molecular complexity index is 3200. The highest BCUT2D eigenvalue weighted by Gasteiger charge is 2.18. The van der Waals surface area contributed by atoms with Gasteiger partial charge >= 0.3 is 0 Å². The maximum absolute atomic E-state index is 5.33. The van der Waals surface area contributed by atoms with Crippen molar-refractivity contribution < 1.29 is 0 Å². The van der Waals surface area contributed by atoms with E-state index in [0.717, 1.165) is 67.0 Å².